The van der Waals surface area contributed by atoms with E-state index < -0.39 is 29.4 Å². The van der Waals surface area contributed by atoms with Crippen LogP contribution in [0, 0.1) is 15.9 Å². The first-order valence-corrected chi connectivity index (χ1v) is 10.7. The molecule has 33 heavy (non-hydrogen) atoms. The molecule has 1 fully saturated rings. The largest absolute Gasteiger partial charge is 0.489 e. The van der Waals surface area contributed by atoms with Crippen LogP contribution < -0.4 is 15.4 Å². The average molecular weight is 447 g/mol. The predicted octanol–water partition coefficient (Wildman–Crippen LogP) is 3.97. The number of nitro groups is 1. The molecule has 0 unspecified atom stereocenters. The van der Waals surface area contributed by atoms with Crippen molar-refractivity contribution in [3.8, 4) is 5.75 Å². The van der Waals surface area contributed by atoms with Crippen molar-refractivity contribution < 1.29 is 18.8 Å². The summed E-state index contributed by atoms with van der Waals surface area (Å²) in [6.07, 6.45) is 0. The lowest BCUT2D eigenvalue weighted by Crippen LogP contribution is -2.54. The van der Waals surface area contributed by atoms with Gasteiger partial charge in [-0.25, -0.2) is 4.39 Å². The second-order valence-electron chi connectivity index (χ2n) is 8.45. The molecule has 0 bridgehead atoms. The molecule has 5 rings (SSSR count). The quantitative estimate of drug-likeness (QED) is 0.456. The molecule has 2 aliphatic heterocycles. The van der Waals surface area contributed by atoms with Crippen molar-refractivity contribution in [1.82, 2.24) is 5.32 Å². The molecule has 1 amide bonds. The highest BCUT2D eigenvalue weighted by Crippen LogP contribution is 2.50. The molecule has 0 aromatic heterocycles. The summed E-state index contributed by atoms with van der Waals surface area (Å²) in [6, 6.07) is 18.6. The highest BCUT2D eigenvalue weighted by atomic mass is 19.1. The molecule has 0 saturated carbocycles. The van der Waals surface area contributed by atoms with E-state index in [1.807, 2.05) is 6.92 Å². The Morgan fingerprint density at radius 2 is 1.85 bits per heavy atom. The number of carbonyl (C=O) groups is 1. The predicted molar refractivity (Wildman–Crippen MR) is 120 cm³/mol. The number of halogens is 1. The Bertz CT molecular complexity index is 1250. The molecule has 0 radical (unpaired) electrons. The van der Waals surface area contributed by atoms with Crippen LogP contribution in [-0.2, 0) is 16.9 Å². The zero-order chi connectivity index (χ0) is 23.2. The van der Waals surface area contributed by atoms with Gasteiger partial charge in [-0.15, -0.1) is 0 Å². The molecule has 0 aliphatic carbocycles. The molecule has 3 aromatic carbocycles. The molecular formula is C25H22FN3O4. The van der Waals surface area contributed by atoms with E-state index in [1.165, 1.54) is 12.1 Å². The number of amides is 1. The maximum absolute atomic E-state index is 13.6. The molecule has 2 heterocycles. The van der Waals surface area contributed by atoms with Gasteiger partial charge >= 0.3 is 0 Å². The second-order valence-corrected chi connectivity index (χ2v) is 8.45. The summed E-state index contributed by atoms with van der Waals surface area (Å²) in [5.41, 5.74) is 0.938. The van der Waals surface area contributed by atoms with E-state index in [0.29, 0.717) is 28.1 Å². The van der Waals surface area contributed by atoms with Crippen LogP contribution >= 0.6 is 0 Å². The monoisotopic (exact) mass is 447 g/mol. The number of anilines is 1. The number of hydrogen-bond donors (Lipinski definition) is 2. The van der Waals surface area contributed by atoms with Crippen LogP contribution in [-0.4, -0.2) is 22.9 Å². The van der Waals surface area contributed by atoms with E-state index >= 15 is 0 Å². The fraction of sp³-hybridized carbons (Fsp3) is 0.240. The van der Waals surface area contributed by atoms with Gasteiger partial charge in [-0.1, -0.05) is 48.5 Å². The van der Waals surface area contributed by atoms with Crippen LogP contribution in [0.1, 0.15) is 29.5 Å². The third kappa shape index (κ3) is 3.34. The molecule has 2 N–H and O–H groups in total. The maximum Gasteiger partial charge on any atom is 0.256 e. The Morgan fingerprint density at radius 1 is 1.09 bits per heavy atom. The summed E-state index contributed by atoms with van der Waals surface area (Å²) >= 11 is 0. The summed E-state index contributed by atoms with van der Waals surface area (Å²) in [5.74, 6) is -0.964. The average Bonchev–Trinajstić information content (AvgIpc) is 3.26. The Labute approximate surface area is 189 Å². The fourth-order valence-electron chi connectivity index (χ4n) is 5.20. The van der Waals surface area contributed by atoms with Crippen molar-refractivity contribution >= 4 is 11.6 Å². The van der Waals surface area contributed by atoms with Gasteiger partial charge in [0, 0.05) is 27.8 Å². The third-order valence-electron chi connectivity index (χ3n) is 6.52. The van der Waals surface area contributed by atoms with Crippen molar-refractivity contribution in [3.05, 3.63) is 105 Å². The van der Waals surface area contributed by atoms with Gasteiger partial charge in [0.1, 0.15) is 18.2 Å². The van der Waals surface area contributed by atoms with Crippen LogP contribution in [0.25, 0.3) is 0 Å². The first-order chi connectivity index (χ1) is 15.9. The molecule has 1 spiro atoms. The number of rotatable bonds is 5. The maximum atomic E-state index is 13.6. The first kappa shape index (κ1) is 21.1. The first-order valence-electron chi connectivity index (χ1n) is 10.7. The zero-order valence-electron chi connectivity index (χ0n) is 17.8. The van der Waals surface area contributed by atoms with E-state index in [4.69, 9.17) is 4.74 Å². The van der Waals surface area contributed by atoms with Gasteiger partial charge in [0.2, 0.25) is 0 Å². The molecule has 7 nitrogen and oxygen atoms in total. The van der Waals surface area contributed by atoms with E-state index in [1.54, 1.807) is 60.7 Å². The number of para-hydroxylation sites is 2. The standard InChI is InChI=1S/C25H22FN3O4/c1-15-22(18-9-2-5-12-21(18)33-14-16-7-6-8-17(26)13-16)23(29(31)32)25(28-15)19-10-3-4-11-20(19)27-24(25)30/h2-13,15,22-23,28H,14H2,1H3,(H,27,30)/t15-,22-,23+,25-/m0/s1. The van der Waals surface area contributed by atoms with Crippen molar-refractivity contribution in [1.29, 1.82) is 0 Å². The van der Waals surface area contributed by atoms with Crippen LogP contribution in [0.5, 0.6) is 5.75 Å². The van der Waals surface area contributed by atoms with E-state index in [0.717, 1.165) is 0 Å². The smallest absolute Gasteiger partial charge is 0.256 e. The molecule has 168 valence electrons. The summed E-state index contributed by atoms with van der Waals surface area (Å²) in [6.45, 7) is 1.95. The van der Waals surface area contributed by atoms with Crippen molar-refractivity contribution in [2.45, 2.75) is 37.1 Å². The van der Waals surface area contributed by atoms with Gasteiger partial charge in [-0.3, -0.25) is 20.2 Å². The SMILES string of the molecule is C[C@@H]1N[C@]2(C(=O)Nc3ccccc32)[C@H]([N+](=O)[O-])[C@@H]1c1ccccc1OCc1cccc(F)c1. The lowest BCUT2D eigenvalue weighted by atomic mass is 9.78. The fourth-order valence-corrected chi connectivity index (χ4v) is 5.20. The van der Waals surface area contributed by atoms with E-state index in [-0.39, 0.29) is 17.3 Å². The van der Waals surface area contributed by atoms with Gasteiger partial charge < -0.3 is 10.1 Å². The van der Waals surface area contributed by atoms with Gasteiger partial charge in [0.05, 0.1) is 5.92 Å². The minimum atomic E-state index is -1.49. The molecule has 4 atom stereocenters. The number of nitrogens with zero attached hydrogens (tertiary/aromatic N) is 1. The minimum absolute atomic E-state index is 0.112. The Hall–Kier alpha value is -3.78. The van der Waals surface area contributed by atoms with Crippen LogP contribution in [0.3, 0.4) is 0 Å². The molecule has 8 heteroatoms. The summed E-state index contributed by atoms with van der Waals surface area (Å²) in [7, 11) is 0. The van der Waals surface area contributed by atoms with Gasteiger partial charge in [0.15, 0.2) is 5.54 Å². The Balaban J connectivity index is 1.55. The Kier molecular flexibility index (Phi) is 5.09. The Morgan fingerprint density at radius 3 is 2.64 bits per heavy atom. The minimum Gasteiger partial charge on any atom is -0.489 e. The zero-order valence-corrected chi connectivity index (χ0v) is 17.8. The van der Waals surface area contributed by atoms with Crippen LogP contribution in [0.15, 0.2) is 72.8 Å². The van der Waals surface area contributed by atoms with E-state index in [2.05, 4.69) is 10.6 Å². The van der Waals surface area contributed by atoms with Gasteiger partial charge in [0.25, 0.3) is 11.9 Å². The summed E-state index contributed by atoms with van der Waals surface area (Å²) in [4.78, 5) is 25.3. The highest BCUT2D eigenvalue weighted by Gasteiger charge is 2.67. The number of fused-ring (bicyclic) bond motifs is 2. The molecule has 3 aromatic rings. The number of benzene rings is 3. The molecule has 1 saturated heterocycles. The molecular weight excluding hydrogens is 425 g/mol. The lowest BCUT2D eigenvalue weighted by molar-refractivity contribution is -0.532. The van der Waals surface area contributed by atoms with Gasteiger partial charge in [-0.05, 0) is 36.8 Å². The third-order valence-corrected chi connectivity index (χ3v) is 6.52. The summed E-state index contributed by atoms with van der Waals surface area (Å²) in [5, 5.41) is 18.5. The van der Waals surface area contributed by atoms with Gasteiger partial charge in [-0.2, -0.15) is 0 Å². The van der Waals surface area contributed by atoms with Crippen LogP contribution in [0.4, 0.5) is 10.1 Å². The highest BCUT2D eigenvalue weighted by molar-refractivity contribution is 6.07. The second kappa shape index (κ2) is 7.97. The van der Waals surface area contributed by atoms with Crippen molar-refractivity contribution in [3.63, 3.8) is 0 Å². The topological polar surface area (TPSA) is 93.5 Å². The number of hydrogen-bond acceptors (Lipinski definition) is 5. The summed E-state index contributed by atoms with van der Waals surface area (Å²) < 4.78 is 19.6. The normalized spacial score (nSPS) is 25.6. The van der Waals surface area contributed by atoms with Crippen LogP contribution in [0.2, 0.25) is 0 Å². The van der Waals surface area contributed by atoms with Crippen molar-refractivity contribution in [2.24, 2.45) is 0 Å². The van der Waals surface area contributed by atoms with E-state index in [9.17, 15) is 19.3 Å². The number of carbonyl (C=O) groups excluding carboxylic acids is 1. The van der Waals surface area contributed by atoms with Crippen molar-refractivity contribution in [2.75, 3.05) is 5.32 Å². The lowest BCUT2D eigenvalue weighted by Gasteiger charge is -2.26. The number of ether oxygens (including phenoxy) is 1. The molecule has 2 aliphatic rings. The number of nitrogens with one attached hydrogen (secondary N) is 2.